The molecule has 0 aliphatic rings. The summed E-state index contributed by atoms with van der Waals surface area (Å²) in [4.78, 5) is 11.2. The number of carbonyl (C=O) groups excluding carboxylic acids is 1. The highest BCUT2D eigenvalue weighted by Crippen LogP contribution is 2.16. The maximum Gasteiger partial charge on any atom is 0.260 e. The molecule has 0 aliphatic carbocycles. The molecule has 0 fully saturated rings. The van der Waals surface area contributed by atoms with Gasteiger partial charge in [0.2, 0.25) is 0 Å². The van der Waals surface area contributed by atoms with E-state index in [4.69, 9.17) is 4.74 Å². The third-order valence-corrected chi connectivity index (χ3v) is 2.40. The second kappa shape index (κ2) is 5.19. The second-order valence-corrected chi connectivity index (χ2v) is 4.08. The number of halogens is 1. The minimum Gasteiger partial charge on any atom is -0.481 e. The molecule has 4 heteroatoms. The summed E-state index contributed by atoms with van der Waals surface area (Å²) in [5.74, 6) is 0.594. The van der Waals surface area contributed by atoms with Crippen molar-refractivity contribution in [2.24, 2.45) is 0 Å². The van der Waals surface area contributed by atoms with Crippen molar-refractivity contribution in [2.75, 3.05) is 7.05 Å². The van der Waals surface area contributed by atoms with Crippen molar-refractivity contribution in [2.45, 2.75) is 13.0 Å². The van der Waals surface area contributed by atoms with Gasteiger partial charge in [-0.05, 0) is 47.7 Å². The number of nitrogens with one attached hydrogen (secondary N) is 1. The monoisotopic (exact) mass is 305 g/mol. The number of rotatable bonds is 3. The lowest BCUT2D eigenvalue weighted by Gasteiger charge is -2.12. The molecule has 0 spiro atoms. The molecule has 1 aromatic carbocycles. The van der Waals surface area contributed by atoms with Gasteiger partial charge >= 0.3 is 0 Å². The third kappa shape index (κ3) is 3.17. The molecule has 0 heterocycles. The summed E-state index contributed by atoms with van der Waals surface area (Å²) in [5, 5.41) is 2.53. The molecule has 0 saturated carbocycles. The normalized spacial score (nSPS) is 11.9. The van der Waals surface area contributed by atoms with Crippen molar-refractivity contribution in [1.29, 1.82) is 0 Å². The SMILES string of the molecule is CNC(=O)C(C)Oc1cccc(I)c1. The predicted octanol–water partition coefficient (Wildman–Crippen LogP) is 1.80. The molecule has 0 saturated heterocycles. The van der Waals surface area contributed by atoms with Crippen LogP contribution in [0.4, 0.5) is 0 Å². The highest BCUT2D eigenvalue weighted by atomic mass is 127. The van der Waals surface area contributed by atoms with Crippen LogP contribution in [0.15, 0.2) is 24.3 Å². The van der Waals surface area contributed by atoms with Gasteiger partial charge in [-0.25, -0.2) is 0 Å². The van der Waals surface area contributed by atoms with Gasteiger partial charge in [-0.15, -0.1) is 0 Å². The van der Waals surface area contributed by atoms with Gasteiger partial charge in [0.05, 0.1) is 0 Å². The first-order valence-corrected chi connectivity index (χ1v) is 5.35. The van der Waals surface area contributed by atoms with E-state index in [-0.39, 0.29) is 5.91 Å². The van der Waals surface area contributed by atoms with Gasteiger partial charge < -0.3 is 10.1 Å². The van der Waals surface area contributed by atoms with Gasteiger partial charge in [0.1, 0.15) is 5.75 Å². The Morgan fingerprint density at radius 1 is 1.57 bits per heavy atom. The van der Waals surface area contributed by atoms with Crippen LogP contribution >= 0.6 is 22.6 Å². The van der Waals surface area contributed by atoms with E-state index in [0.29, 0.717) is 5.75 Å². The van der Waals surface area contributed by atoms with Crippen molar-refractivity contribution in [3.05, 3.63) is 27.8 Å². The molecule has 1 N–H and O–H groups in total. The van der Waals surface area contributed by atoms with E-state index in [1.807, 2.05) is 24.3 Å². The molecule has 1 atom stereocenters. The first-order chi connectivity index (χ1) is 6.63. The Bertz CT molecular complexity index is 328. The minimum atomic E-state index is -0.460. The Morgan fingerprint density at radius 3 is 2.86 bits per heavy atom. The van der Waals surface area contributed by atoms with Gasteiger partial charge in [0.15, 0.2) is 6.10 Å². The van der Waals surface area contributed by atoms with Crippen LogP contribution in [0.2, 0.25) is 0 Å². The highest BCUT2D eigenvalue weighted by Gasteiger charge is 2.11. The smallest absolute Gasteiger partial charge is 0.260 e. The Morgan fingerprint density at radius 2 is 2.29 bits per heavy atom. The van der Waals surface area contributed by atoms with Gasteiger partial charge in [0.25, 0.3) is 5.91 Å². The van der Waals surface area contributed by atoms with E-state index in [0.717, 1.165) is 3.57 Å². The number of hydrogen-bond donors (Lipinski definition) is 1. The van der Waals surface area contributed by atoms with Crippen LogP contribution in [0.3, 0.4) is 0 Å². The van der Waals surface area contributed by atoms with Gasteiger partial charge in [-0.2, -0.15) is 0 Å². The summed E-state index contributed by atoms with van der Waals surface area (Å²) < 4.78 is 6.52. The van der Waals surface area contributed by atoms with Crippen LogP contribution in [-0.2, 0) is 4.79 Å². The highest BCUT2D eigenvalue weighted by molar-refractivity contribution is 14.1. The lowest BCUT2D eigenvalue weighted by Crippen LogP contribution is -2.33. The fourth-order valence-electron chi connectivity index (χ4n) is 1.00. The molecule has 3 nitrogen and oxygen atoms in total. The zero-order valence-corrected chi connectivity index (χ0v) is 10.2. The maximum atomic E-state index is 11.2. The fourth-order valence-corrected chi connectivity index (χ4v) is 1.52. The zero-order chi connectivity index (χ0) is 10.6. The minimum absolute atomic E-state index is 0.121. The zero-order valence-electron chi connectivity index (χ0n) is 8.08. The summed E-state index contributed by atoms with van der Waals surface area (Å²) in [6.45, 7) is 1.72. The van der Waals surface area contributed by atoms with E-state index in [9.17, 15) is 4.79 Å². The maximum absolute atomic E-state index is 11.2. The van der Waals surface area contributed by atoms with Crippen molar-refractivity contribution in [3.63, 3.8) is 0 Å². The number of benzene rings is 1. The third-order valence-electron chi connectivity index (χ3n) is 1.72. The van der Waals surface area contributed by atoms with E-state index >= 15 is 0 Å². The quantitative estimate of drug-likeness (QED) is 0.865. The number of likely N-dealkylation sites (N-methyl/N-ethyl adjacent to an activating group) is 1. The topological polar surface area (TPSA) is 38.3 Å². The van der Waals surface area contributed by atoms with Crippen LogP contribution in [0.25, 0.3) is 0 Å². The van der Waals surface area contributed by atoms with Crippen molar-refractivity contribution < 1.29 is 9.53 Å². The molecular formula is C10H12INO2. The predicted molar refractivity (Wildman–Crippen MR) is 63.3 cm³/mol. The molecule has 0 bridgehead atoms. The van der Waals surface area contributed by atoms with Crippen LogP contribution in [0.1, 0.15) is 6.92 Å². The standard InChI is InChI=1S/C10H12INO2/c1-7(10(13)12-2)14-9-5-3-4-8(11)6-9/h3-7H,1-2H3,(H,12,13). The Kier molecular flexibility index (Phi) is 4.19. The molecule has 76 valence electrons. The summed E-state index contributed by atoms with van der Waals surface area (Å²) in [6.07, 6.45) is -0.460. The fraction of sp³-hybridized carbons (Fsp3) is 0.300. The van der Waals surface area contributed by atoms with Crippen LogP contribution in [0, 0.1) is 3.57 Å². The van der Waals surface area contributed by atoms with Crippen molar-refractivity contribution in [1.82, 2.24) is 5.32 Å². The average Bonchev–Trinajstić information content (AvgIpc) is 2.16. The van der Waals surface area contributed by atoms with Gasteiger partial charge in [-0.1, -0.05) is 6.07 Å². The molecule has 14 heavy (non-hydrogen) atoms. The summed E-state index contributed by atoms with van der Waals surface area (Å²) in [7, 11) is 1.59. The van der Waals surface area contributed by atoms with E-state index in [2.05, 4.69) is 27.9 Å². The molecule has 0 aliphatic heterocycles. The first kappa shape index (κ1) is 11.3. The summed E-state index contributed by atoms with van der Waals surface area (Å²) in [5.41, 5.74) is 0. The average molecular weight is 305 g/mol. The number of amides is 1. The molecule has 0 radical (unpaired) electrons. The lowest BCUT2D eigenvalue weighted by molar-refractivity contribution is -0.126. The summed E-state index contributed by atoms with van der Waals surface area (Å²) >= 11 is 2.20. The van der Waals surface area contributed by atoms with Crippen molar-refractivity contribution in [3.8, 4) is 5.75 Å². The molecular weight excluding hydrogens is 293 g/mol. The van der Waals surface area contributed by atoms with Crippen LogP contribution in [0.5, 0.6) is 5.75 Å². The Hall–Kier alpha value is -0.780. The molecule has 0 aromatic heterocycles. The Balaban J connectivity index is 2.64. The van der Waals surface area contributed by atoms with E-state index in [1.165, 1.54) is 0 Å². The summed E-state index contributed by atoms with van der Waals surface area (Å²) in [6, 6.07) is 7.59. The van der Waals surface area contributed by atoms with E-state index in [1.54, 1.807) is 14.0 Å². The molecule has 1 unspecified atom stereocenters. The van der Waals surface area contributed by atoms with Gasteiger partial charge in [-0.3, -0.25) is 4.79 Å². The molecule has 1 rings (SSSR count). The van der Waals surface area contributed by atoms with Crippen LogP contribution < -0.4 is 10.1 Å². The molecule has 1 amide bonds. The lowest BCUT2D eigenvalue weighted by atomic mass is 10.3. The first-order valence-electron chi connectivity index (χ1n) is 4.27. The second-order valence-electron chi connectivity index (χ2n) is 2.83. The van der Waals surface area contributed by atoms with Gasteiger partial charge in [0, 0.05) is 10.6 Å². The number of ether oxygens (including phenoxy) is 1. The van der Waals surface area contributed by atoms with Crippen LogP contribution in [-0.4, -0.2) is 19.1 Å². The number of carbonyl (C=O) groups is 1. The largest absolute Gasteiger partial charge is 0.481 e. The van der Waals surface area contributed by atoms with E-state index < -0.39 is 6.10 Å². The number of hydrogen-bond acceptors (Lipinski definition) is 2. The Labute approximate surface area is 97.0 Å². The molecule has 1 aromatic rings. The van der Waals surface area contributed by atoms with Crippen molar-refractivity contribution >= 4 is 28.5 Å².